The molecule has 6 nitrogen and oxygen atoms in total. The van der Waals surface area contributed by atoms with Gasteiger partial charge in [-0.1, -0.05) is 32.0 Å². The number of rotatable bonds is 9. The largest absolute Gasteiger partial charge is 0.480 e. The molecule has 0 radical (unpaired) electrons. The van der Waals surface area contributed by atoms with E-state index >= 15 is 0 Å². The summed E-state index contributed by atoms with van der Waals surface area (Å²) in [5, 5.41) is 11.6. The fourth-order valence-electron chi connectivity index (χ4n) is 2.32. The normalized spacial score (nSPS) is 11.8. The molecule has 0 fully saturated rings. The van der Waals surface area contributed by atoms with Crippen LogP contribution < -0.4 is 10.2 Å². The van der Waals surface area contributed by atoms with Crippen LogP contribution in [0.2, 0.25) is 0 Å². The van der Waals surface area contributed by atoms with Gasteiger partial charge in [-0.2, -0.15) is 0 Å². The first-order valence-electron chi connectivity index (χ1n) is 8.15. The van der Waals surface area contributed by atoms with E-state index in [1.165, 1.54) is 0 Å². The lowest BCUT2D eigenvalue weighted by molar-refractivity contribution is -0.142. The molecule has 0 saturated carbocycles. The van der Waals surface area contributed by atoms with Gasteiger partial charge in [-0.05, 0) is 30.9 Å². The van der Waals surface area contributed by atoms with Crippen molar-refractivity contribution in [3.8, 4) is 0 Å². The number of nitrogens with one attached hydrogen (secondary N) is 1. The Morgan fingerprint density at radius 3 is 2.29 bits per heavy atom. The van der Waals surface area contributed by atoms with Gasteiger partial charge in [0.25, 0.3) is 0 Å². The number of aliphatic carboxylic acids is 1. The summed E-state index contributed by atoms with van der Waals surface area (Å²) in [5.41, 5.74) is 0.801. The molecule has 0 aromatic heterocycles. The average Bonchev–Trinajstić information content (AvgIpc) is 2.53. The molecular formula is C18H26N2O4. The van der Waals surface area contributed by atoms with Crippen LogP contribution in [0.4, 0.5) is 5.69 Å². The molecule has 2 amide bonds. The van der Waals surface area contributed by atoms with Crippen molar-refractivity contribution < 1.29 is 19.5 Å². The highest BCUT2D eigenvalue weighted by atomic mass is 16.4. The molecule has 1 rings (SSSR count). The topological polar surface area (TPSA) is 86.7 Å². The molecule has 1 aromatic carbocycles. The van der Waals surface area contributed by atoms with Crippen molar-refractivity contribution in [2.45, 2.75) is 45.6 Å². The zero-order valence-corrected chi connectivity index (χ0v) is 14.5. The third kappa shape index (κ3) is 6.81. The Hall–Kier alpha value is -2.37. The summed E-state index contributed by atoms with van der Waals surface area (Å²) in [6.45, 7) is 3.81. The van der Waals surface area contributed by atoms with Crippen LogP contribution in [0.1, 0.15) is 39.5 Å². The van der Waals surface area contributed by atoms with E-state index in [1.807, 2.05) is 44.2 Å². The average molecular weight is 334 g/mol. The van der Waals surface area contributed by atoms with Gasteiger partial charge in [0.2, 0.25) is 11.8 Å². The number of benzene rings is 1. The molecule has 0 saturated heterocycles. The number of hydrogen-bond donors (Lipinski definition) is 2. The standard InChI is InChI=1S/C18H26N2O4/c1-13(2)12-15(18(23)24)19-16(21)10-7-11-17(22)20(3)14-8-5-4-6-9-14/h4-6,8-9,13,15H,7,10-12H2,1-3H3,(H,19,21)(H,23,24). The number of para-hydroxylation sites is 1. The molecule has 0 spiro atoms. The molecule has 1 unspecified atom stereocenters. The number of amides is 2. The summed E-state index contributed by atoms with van der Waals surface area (Å²) in [7, 11) is 1.70. The monoisotopic (exact) mass is 334 g/mol. The van der Waals surface area contributed by atoms with Crippen LogP contribution in [-0.4, -0.2) is 36.0 Å². The van der Waals surface area contributed by atoms with Crippen LogP contribution in [-0.2, 0) is 14.4 Å². The Bertz CT molecular complexity index is 557. The minimum absolute atomic E-state index is 0.0778. The van der Waals surface area contributed by atoms with Gasteiger partial charge >= 0.3 is 5.97 Å². The minimum atomic E-state index is -1.03. The maximum Gasteiger partial charge on any atom is 0.326 e. The summed E-state index contributed by atoms with van der Waals surface area (Å²) in [5.74, 6) is -1.27. The summed E-state index contributed by atoms with van der Waals surface area (Å²) in [4.78, 5) is 36.6. The zero-order valence-electron chi connectivity index (χ0n) is 14.5. The van der Waals surface area contributed by atoms with Gasteiger partial charge in [0.1, 0.15) is 6.04 Å². The predicted octanol–water partition coefficient (Wildman–Crippen LogP) is 2.44. The molecule has 0 heterocycles. The van der Waals surface area contributed by atoms with Gasteiger partial charge in [0.15, 0.2) is 0 Å². The smallest absolute Gasteiger partial charge is 0.326 e. The first kappa shape index (κ1) is 19.7. The molecular weight excluding hydrogens is 308 g/mol. The van der Waals surface area contributed by atoms with Crippen LogP contribution in [0.5, 0.6) is 0 Å². The molecule has 6 heteroatoms. The fraction of sp³-hybridized carbons (Fsp3) is 0.500. The molecule has 0 aliphatic heterocycles. The highest BCUT2D eigenvalue weighted by molar-refractivity contribution is 5.93. The molecule has 0 aliphatic carbocycles. The maximum atomic E-state index is 12.1. The number of carboxylic acid groups (broad SMARTS) is 1. The van der Waals surface area contributed by atoms with Crippen molar-refractivity contribution in [1.82, 2.24) is 5.32 Å². The van der Waals surface area contributed by atoms with Crippen molar-refractivity contribution >= 4 is 23.5 Å². The van der Waals surface area contributed by atoms with Gasteiger partial charge in [-0.15, -0.1) is 0 Å². The number of carboxylic acids is 1. The van der Waals surface area contributed by atoms with Crippen molar-refractivity contribution in [1.29, 1.82) is 0 Å². The van der Waals surface area contributed by atoms with Gasteiger partial charge < -0.3 is 15.3 Å². The first-order chi connectivity index (χ1) is 11.3. The van der Waals surface area contributed by atoms with Crippen molar-refractivity contribution in [2.75, 3.05) is 11.9 Å². The summed E-state index contributed by atoms with van der Waals surface area (Å²) in [6, 6.07) is 8.39. The first-order valence-corrected chi connectivity index (χ1v) is 8.15. The number of anilines is 1. The third-order valence-corrected chi connectivity index (χ3v) is 3.65. The lowest BCUT2D eigenvalue weighted by atomic mass is 10.0. The van der Waals surface area contributed by atoms with E-state index < -0.39 is 12.0 Å². The number of carbonyl (C=O) groups is 3. The van der Waals surface area contributed by atoms with Crippen molar-refractivity contribution in [3.05, 3.63) is 30.3 Å². The van der Waals surface area contributed by atoms with E-state index in [1.54, 1.807) is 11.9 Å². The van der Waals surface area contributed by atoms with Crippen LogP contribution in [0, 0.1) is 5.92 Å². The van der Waals surface area contributed by atoms with E-state index in [4.69, 9.17) is 5.11 Å². The second kappa shape index (κ2) is 9.70. The zero-order chi connectivity index (χ0) is 18.1. The Labute approximate surface area is 142 Å². The van der Waals surface area contributed by atoms with E-state index in [0.717, 1.165) is 5.69 Å². The number of nitrogens with zero attached hydrogens (tertiary/aromatic N) is 1. The van der Waals surface area contributed by atoms with E-state index in [-0.39, 0.29) is 30.6 Å². The molecule has 24 heavy (non-hydrogen) atoms. The van der Waals surface area contributed by atoms with Crippen LogP contribution in [0.25, 0.3) is 0 Å². The molecule has 1 atom stereocenters. The van der Waals surface area contributed by atoms with Gasteiger partial charge in [0, 0.05) is 25.6 Å². The van der Waals surface area contributed by atoms with Crippen molar-refractivity contribution in [3.63, 3.8) is 0 Å². The van der Waals surface area contributed by atoms with Gasteiger partial charge in [0.05, 0.1) is 0 Å². The second-order valence-electron chi connectivity index (χ2n) is 6.23. The number of hydrogen-bond acceptors (Lipinski definition) is 3. The van der Waals surface area contributed by atoms with E-state index in [0.29, 0.717) is 12.8 Å². The lowest BCUT2D eigenvalue weighted by Gasteiger charge is -2.18. The summed E-state index contributed by atoms with van der Waals surface area (Å²) >= 11 is 0. The maximum absolute atomic E-state index is 12.1. The summed E-state index contributed by atoms with van der Waals surface area (Å²) < 4.78 is 0. The van der Waals surface area contributed by atoms with Gasteiger partial charge in [-0.3, -0.25) is 9.59 Å². The molecule has 1 aromatic rings. The van der Waals surface area contributed by atoms with Gasteiger partial charge in [-0.25, -0.2) is 4.79 Å². The Balaban J connectivity index is 2.39. The SMILES string of the molecule is CC(C)CC(NC(=O)CCCC(=O)N(C)c1ccccc1)C(=O)O. The third-order valence-electron chi connectivity index (χ3n) is 3.65. The Kier molecular flexibility index (Phi) is 7.95. The van der Waals surface area contributed by atoms with E-state index in [9.17, 15) is 14.4 Å². The molecule has 0 bridgehead atoms. The van der Waals surface area contributed by atoms with Crippen LogP contribution in [0.15, 0.2) is 30.3 Å². The fourth-order valence-corrected chi connectivity index (χ4v) is 2.32. The van der Waals surface area contributed by atoms with E-state index in [2.05, 4.69) is 5.32 Å². The highest BCUT2D eigenvalue weighted by Crippen LogP contribution is 2.13. The quantitative estimate of drug-likeness (QED) is 0.726. The van der Waals surface area contributed by atoms with Crippen molar-refractivity contribution in [2.24, 2.45) is 5.92 Å². The Morgan fingerprint density at radius 2 is 1.75 bits per heavy atom. The molecule has 0 aliphatic rings. The predicted molar refractivity (Wildman–Crippen MR) is 92.7 cm³/mol. The molecule has 132 valence electrons. The highest BCUT2D eigenvalue weighted by Gasteiger charge is 2.21. The number of carbonyl (C=O) groups excluding carboxylic acids is 2. The van der Waals surface area contributed by atoms with Crippen LogP contribution >= 0.6 is 0 Å². The second-order valence-corrected chi connectivity index (χ2v) is 6.23. The van der Waals surface area contributed by atoms with Crippen LogP contribution in [0.3, 0.4) is 0 Å². The summed E-state index contributed by atoms with van der Waals surface area (Å²) in [6.07, 6.45) is 1.14. The molecule has 2 N–H and O–H groups in total. The lowest BCUT2D eigenvalue weighted by Crippen LogP contribution is -2.41. The minimum Gasteiger partial charge on any atom is -0.480 e. The Morgan fingerprint density at radius 1 is 1.12 bits per heavy atom.